The predicted octanol–water partition coefficient (Wildman–Crippen LogP) is 3.98. The van der Waals surface area contributed by atoms with E-state index >= 15 is 0 Å². The lowest BCUT2D eigenvalue weighted by Crippen LogP contribution is -1.84. The normalized spacial score (nSPS) is 11.6. The molecule has 0 amide bonds. The molecular formula is C11H21. The number of unbranched alkanes of at least 4 members (excludes halogenated alkanes) is 2. The van der Waals surface area contributed by atoms with Gasteiger partial charge in [-0.3, -0.25) is 0 Å². The van der Waals surface area contributed by atoms with Crippen molar-refractivity contribution in [3.05, 3.63) is 19.1 Å². The van der Waals surface area contributed by atoms with Crippen LogP contribution in [0.4, 0.5) is 0 Å². The lowest BCUT2D eigenvalue weighted by atomic mass is 10.1. The van der Waals surface area contributed by atoms with Crippen LogP contribution in [-0.4, -0.2) is 0 Å². The Morgan fingerprint density at radius 3 is 2.36 bits per heavy atom. The topological polar surface area (TPSA) is 0 Å². The molecule has 0 atom stereocenters. The van der Waals surface area contributed by atoms with Gasteiger partial charge in [-0.15, -0.1) is 0 Å². The standard InChI is InChI=1S/C11H21/c1-4-5-6-7-8-9-10-11(2)3/h6-7,11H,1,4-5,8-10H2,2-3H3. The molecule has 0 heteroatoms. The Hall–Kier alpha value is -0.260. The molecule has 0 saturated carbocycles. The maximum atomic E-state index is 3.78. The van der Waals surface area contributed by atoms with Crippen LogP contribution < -0.4 is 0 Å². The van der Waals surface area contributed by atoms with Crippen LogP contribution in [0.5, 0.6) is 0 Å². The van der Waals surface area contributed by atoms with Gasteiger partial charge in [-0.2, -0.15) is 0 Å². The van der Waals surface area contributed by atoms with Crippen LogP contribution in [0, 0.1) is 12.8 Å². The molecule has 65 valence electrons. The molecule has 0 heterocycles. The first-order chi connectivity index (χ1) is 5.27. The summed E-state index contributed by atoms with van der Waals surface area (Å²) in [7, 11) is 0. The van der Waals surface area contributed by atoms with Crippen molar-refractivity contribution in [1.82, 2.24) is 0 Å². The summed E-state index contributed by atoms with van der Waals surface area (Å²) in [5.74, 6) is 0.858. The van der Waals surface area contributed by atoms with E-state index in [1.165, 1.54) is 19.3 Å². The lowest BCUT2D eigenvalue weighted by Gasteiger charge is -2.00. The van der Waals surface area contributed by atoms with Gasteiger partial charge in [0.1, 0.15) is 0 Å². The van der Waals surface area contributed by atoms with E-state index in [0.717, 1.165) is 18.8 Å². The van der Waals surface area contributed by atoms with Gasteiger partial charge in [-0.1, -0.05) is 39.3 Å². The van der Waals surface area contributed by atoms with Crippen molar-refractivity contribution in [3.8, 4) is 0 Å². The molecule has 0 aliphatic rings. The monoisotopic (exact) mass is 153 g/mol. The molecule has 0 unspecified atom stereocenters. The van der Waals surface area contributed by atoms with Gasteiger partial charge in [0.05, 0.1) is 0 Å². The second-order valence-electron chi connectivity index (χ2n) is 3.44. The van der Waals surface area contributed by atoms with Crippen molar-refractivity contribution in [1.29, 1.82) is 0 Å². The van der Waals surface area contributed by atoms with Gasteiger partial charge >= 0.3 is 0 Å². The van der Waals surface area contributed by atoms with Crippen LogP contribution in [-0.2, 0) is 0 Å². The first kappa shape index (κ1) is 10.7. The Kier molecular flexibility index (Phi) is 7.66. The summed E-state index contributed by atoms with van der Waals surface area (Å²) in [6, 6.07) is 0. The Labute approximate surface area is 71.7 Å². The van der Waals surface area contributed by atoms with E-state index < -0.39 is 0 Å². The van der Waals surface area contributed by atoms with Gasteiger partial charge in [0, 0.05) is 0 Å². The van der Waals surface area contributed by atoms with Crippen LogP contribution in [0.15, 0.2) is 12.2 Å². The van der Waals surface area contributed by atoms with Crippen molar-refractivity contribution < 1.29 is 0 Å². The average molecular weight is 153 g/mol. The molecule has 0 aromatic heterocycles. The fourth-order valence-corrected chi connectivity index (χ4v) is 0.998. The van der Waals surface area contributed by atoms with E-state index in [9.17, 15) is 0 Å². The van der Waals surface area contributed by atoms with E-state index in [-0.39, 0.29) is 0 Å². The van der Waals surface area contributed by atoms with Crippen molar-refractivity contribution in [3.63, 3.8) is 0 Å². The second kappa shape index (κ2) is 7.84. The Morgan fingerprint density at radius 2 is 1.82 bits per heavy atom. The van der Waals surface area contributed by atoms with E-state index in [1.54, 1.807) is 0 Å². The minimum atomic E-state index is 0.858. The molecule has 0 nitrogen and oxygen atoms in total. The SMILES string of the molecule is [CH2]CCC=CCCCC(C)C. The van der Waals surface area contributed by atoms with E-state index in [4.69, 9.17) is 0 Å². The van der Waals surface area contributed by atoms with Gasteiger partial charge < -0.3 is 0 Å². The van der Waals surface area contributed by atoms with Crippen LogP contribution in [0.1, 0.15) is 46.0 Å². The zero-order valence-electron chi connectivity index (χ0n) is 7.97. The Balaban J connectivity index is 3.01. The van der Waals surface area contributed by atoms with Crippen LogP contribution in [0.3, 0.4) is 0 Å². The highest BCUT2D eigenvalue weighted by Crippen LogP contribution is 2.06. The first-order valence-electron chi connectivity index (χ1n) is 4.71. The van der Waals surface area contributed by atoms with Crippen LogP contribution in [0.2, 0.25) is 0 Å². The number of hydrogen-bond acceptors (Lipinski definition) is 0. The quantitative estimate of drug-likeness (QED) is 0.400. The molecule has 0 bridgehead atoms. The number of hydrogen-bond donors (Lipinski definition) is 0. The highest BCUT2D eigenvalue weighted by Gasteiger charge is 1.90. The maximum absolute atomic E-state index is 3.78. The zero-order valence-corrected chi connectivity index (χ0v) is 7.97. The Bertz CT molecular complexity index is 90.2. The Morgan fingerprint density at radius 1 is 1.18 bits per heavy atom. The molecule has 0 saturated heterocycles. The van der Waals surface area contributed by atoms with E-state index in [2.05, 4.69) is 32.9 Å². The minimum absolute atomic E-state index is 0.858. The summed E-state index contributed by atoms with van der Waals surface area (Å²) in [6.45, 7) is 8.34. The van der Waals surface area contributed by atoms with Gasteiger partial charge in [0.15, 0.2) is 0 Å². The van der Waals surface area contributed by atoms with E-state index in [0.29, 0.717) is 0 Å². The third-order valence-electron chi connectivity index (χ3n) is 1.69. The predicted molar refractivity (Wildman–Crippen MR) is 52.4 cm³/mol. The molecule has 0 aromatic rings. The smallest absolute Gasteiger partial charge is 0.0351 e. The molecule has 0 aliphatic carbocycles. The maximum Gasteiger partial charge on any atom is -0.0351 e. The van der Waals surface area contributed by atoms with Gasteiger partial charge in [-0.25, -0.2) is 0 Å². The molecule has 11 heavy (non-hydrogen) atoms. The average Bonchev–Trinajstić information content (AvgIpc) is 1.96. The fourth-order valence-electron chi connectivity index (χ4n) is 0.998. The van der Waals surface area contributed by atoms with Gasteiger partial charge in [0.2, 0.25) is 0 Å². The van der Waals surface area contributed by atoms with Gasteiger partial charge in [-0.05, 0) is 31.6 Å². The first-order valence-corrected chi connectivity index (χ1v) is 4.71. The molecule has 0 rings (SSSR count). The summed E-state index contributed by atoms with van der Waals surface area (Å²) in [5, 5.41) is 0. The van der Waals surface area contributed by atoms with Crippen molar-refractivity contribution in [2.24, 2.45) is 5.92 Å². The molecule has 0 N–H and O–H groups in total. The summed E-state index contributed by atoms with van der Waals surface area (Å²) in [6.07, 6.45) is 10.6. The van der Waals surface area contributed by atoms with Gasteiger partial charge in [0.25, 0.3) is 0 Å². The molecule has 0 aliphatic heterocycles. The number of rotatable bonds is 6. The summed E-state index contributed by atoms with van der Waals surface area (Å²) >= 11 is 0. The largest absolute Gasteiger partial charge is 0.0885 e. The van der Waals surface area contributed by atoms with Crippen molar-refractivity contribution in [2.45, 2.75) is 46.0 Å². The van der Waals surface area contributed by atoms with Crippen LogP contribution in [0.25, 0.3) is 0 Å². The second-order valence-corrected chi connectivity index (χ2v) is 3.44. The third kappa shape index (κ3) is 9.74. The minimum Gasteiger partial charge on any atom is -0.0885 e. The lowest BCUT2D eigenvalue weighted by molar-refractivity contribution is 0.559. The van der Waals surface area contributed by atoms with Crippen molar-refractivity contribution >= 4 is 0 Å². The third-order valence-corrected chi connectivity index (χ3v) is 1.69. The summed E-state index contributed by atoms with van der Waals surface area (Å²) in [5.41, 5.74) is 0. The number of allylic oxidation sites excluding steroid dienone is 2. The molecule has 1 radical (unpaired) electrons. The van der Waals surface area contributed by atoms with E-state index in [1.807, 2.05) is 0 Å². The highest BCUT2D eigenvalue weighted by atomic mass is 14.0. The molecular weight excluding hydrogens is 132 g/mol. The molecule has 0 fully saturated rings. The highest BCUT2D eigenvalue weighted by molar-refractivity contribution is 4.81. The van der Waals surface area contributed by atoms with Crippen LogP contribution >= 0.6 is 0 Å². The molecule has 0 aromatic carbocycles. The fraction of sp³-hybridized carbons (Fsp3) is 0.727. The zero-order chi connectivity index (χ0) is 8.53. The molecule has 0 spiro atoms. The van der Waals surface area contributed by atoms with Crippen molar-refractivity contribution in [2.75, 3.05) is 0 Å². The summed E-state index contributed by atoms with van der Waals surface area (Å²) in [4.78, 5) is 0. The summed E-state index contributed by atoms with van der Waals surface area (Å²) < 4.78 is 0.